The van der Waals surface area contributed by atoms with E-state index < -0.39 is 5.97 Å². The topological polar surface area (TPSA) is 57.5 Å². The number of fused-ring (bicyclic) bond motifs is 1. The SMILES string of the molecule is CC.O=C(O)CCCC1C[C@H]2CCC(CO)[C@H]2C1. The van der Waals surface area contributed by atoms with E-state index >= 15 is 0 Å². The normalized spacial score (nSPS) is 33.7. The van der Waals surface area contributed by atoms with Crippen LogP contribution in [0.5, 0.6) is 0 Å². The van der Waals surface area contributed by atoms with Crippen LogP contribution in [0.25, 0.3) is 0 Å². The minimum absolute atomic E-state index is 0.315. The molecule has 2 fully saturated rings. The van der Waals surface area contributed by atoms with Crippen LogP contribution in [0.1, 0.15) is 58.8 Å². The summed E-state index contributed by atoms with van der Waals surface area (Å²) in [5.41, 5.74) is 0. The molecule has 106 valence electrons. The van der Waals surface area contributed by atoms with Crippen molar-refractivity contribution in [1.82, 2.24) is 0 Å². The van der Waals surface area contributed by atoms with E-state index in [1.807, 2.05) is 13.8 Å². The summed E-state index contributed by atoms with van der Waals surface area (Å²) >= 11 is 0. The van der Waals surface area contributed by atoms with Crippen LogP contribution in [0.15, 0.2) is 0 Å². The van der Waals surface area contributed by atoms with E-state index in [-0.39, 0.29) is 0 Å². The zero-order valence-corrected chi connectivity index (χ0v) is 11.8. The molecule has 0 aromatic heterocycles. The molecule has 2 aliphatic rings. The number of hydrogen-bond donors (Lipinski definition) is 2. The first kappa shape index (κ1) is 15.5. The molecule has 2 aliphatic carbocycles. The van der Waals surface area contributed by atoms with Crippen LogP contribution in [0.3, 0.4) is 0 Å². The lowest BCUT2D eigenvalue weighted by Crippen LogP contribution is -2.13. The summed E-state index contributed by atoms with van der Waals surface area (Å²) in [4.78, 5) is 10.4. The van der Waals surface area contributed by atoms with Crippen molar-refractivity contribution in [2.75, 3.05) is 6.61 Å². The number of rotatable bonds is 5. The Morgan fingerprint density at radius 1 is 1.22 bits per heavy atom. The van der Waals surface area contributed by atoms with Crippen molar-refractivity contribution in [1.29, 1.82) is 0 Å². The molecule has 0 heterocycles. The Hall–Kier alpha value is -0.570. The lowest BCUT2D eigenvalue weighted by molar-refractivity contribution is -0.137. The fraction of sp³-hybridized carbons (Fsp3) is 0.933. The standard InChI is InChI=1S/C13H22O3.C2H6/c14-8-11-5-4-10-6-9(7-12(10)11)2-1-3-13(15)16;1-2/h9-12,14H,1-8H2,(H,15,16);1-2H3/t9?,10-,11?,12+;/m1./s1. The molecule has 4 atom stereocenters. The highest BCUT2D eigenvalue weighted by Crippen LogP contribution is 2.50. The summed E-state index contributed by atoms with van der Waals surface area (Å²) in [5.74, 6) is 2.15. The zero-order valence-electron chi connectivity index (χ0n) is 11.8. The van der Waals surface area contributed by atoms with Gasteiger partial charge in [0.2, 0.25) is 0 Å². The van der Waals surface area contributed by atoms with Gasteiger partial charge in [-0.2, -0.15) is 0 Å². The molecule has 0 bridgehead atoms. The second-order valence-corrected chi connectivity index (χ2v) is 5.57. The van der Waals surface area contributed by atoms with Gasteiger partial charge in [-0.1, -0.05) is 13.8 Å². The molecular weight excluding hydrogens is 228 g/mol. The number of carboxylic acid groups (broad SMARTS) is 1. The third kappa shape index (κ3) is 3.98. The highest BCUT2D eigenvalue weighted by Gasteiger charge is 2.42. The molecule has 0 amide bonds. The van der Waals surface area contributed by atoms with Gasteiger partial charge in [-0.05, 0) is 62.2 Å². The maximum atomic E-state index is 10.4. The molecule has 0 aromatic carbocycles. The summed E-state index contributed by atoms with van der Waals surface area (Å²) in [5, 5.41) is 17.9. The van der Waals surface area contributed by atoms with Crippen LogP contribution in [0.2, 0.25) is 0 Å². The molecule has 0 saturated heterocycles. The molecule has 2 saturated carbocycles. The predicted octanol–water partition coefficient (Wildman–Crippen LogP) is 3.31. The molecule has 0 aliphatic heterocycles. The van der Waals surface area contributed by atoms with Crippen molar-refractivity contribution in [3.63, 3.8) is 0 Å². The van der Waals surface area contributed by atoms with Gasteiger partial charge in [-0.25, -0.2) is 0 Å². The average Bonchev–Trinajstić information content (AvgIpc) is 2.90. The number of aliphatic hydroxyl groups excluding tert-OH is 1. The third-order valence-electron chi connectivity index (χ3n) is 4.60. The molecule has 2 N–H and O–H groups in total. The van der Waals surface area contributed by atoms with Gasteiger partial charge in [0.05, 0.1) is 0 Å². The first-order valence-electron chi connectivity index (χ1n) is 7.53. The van der Waals surface area contributed by atoms with E-state index in [1.165, 1.54) is 25.7 Å². The van der Waals surface area contributed by atoms with Gasteiger partial charge in [-0.3, -0.25) is 4.79 Å². The van der Waals surface area contributed by atoms with E-state index in [0.29, 0.717) is 18.9 Å². The van der Waals surface area contributed by atoms with Gasteiger partial charge >= 0.3 is 5.97 Å². The van der Waals surface area contributed by atoms with Crippen LogP contribution < -0.4 is 0 Å². The smallest absolute Gasteiger partial charge is 0.303 e. The second kappa shape index (κ2) is 7.78. The van der Waals surface area contributed by atoms with Crippen molar-refractivity contribution in [2.45, 2.75) is 58.8 Å². The van der Waals surface area contributed by atoms with Gasteiger partial charge in [-0.15, -0.1) is 0 Å². The van der Waals surface area contributed by atoms with Gasteiger partial charge in [0.15, 0.2) is 0 Å². The summed E-state index contributed by atoms with van der Waals surface area (Å²) < 4.78 is 0. The molecule has 0 aromatic rings. The van der Waals surface area contributed by atoms with E-state index in [9.17, 15) is 9.90 Å². The number of hydrogen-bond acceptors (Lipinski definition) is 2. The summed E-state index contributed by atoms with van der Waals surface area (Å²) in [7, 11) is 0. The molecule has 3 heteroatoms. The quantitative estimate of drug-likeness (QED) is 0.793. The maximum Gasteiger partial charge on any atom is 0.303 e. The van der Waals surface area contributed by atoms with Crippen LogP contribution in [0, 0.1) is 23.7 Å². The maximum absolute atomic E-state index is 10.4. The Kier molecular flexibility index (Phi) is 6.69. The lowest BCUT2D eigenvalue weighted by atomic mass is 9.91. The highest BCUT2D eigenvalue weighted by atomic mass is 16.4. The Balaban J connectivity index is 0.000000771. The summed E-state index contributed by atoms with van der Waals surface area (Å²) in [6.45, 7) is 4.35. The van der Waals surface area contributed by atoms with Gasteiger partial charge in [0.25, 0.3) is 0 Å². The fourth-order valence-corrected chi connectivity index (χ4v) is 3.83. The van der Waals surface area contributed by atoms with Crippen LogP contribution in [-0.4, -0.2) is 22.8 Å². The van der Waals surface area contributed by atoms with Crippen LogP contribution in [-0.2, 0) is 4.79 Å². The van der Waals surface area contributed by atoms with Gasteiger partial charge in [0.1, 0.15) is 0 Å². The van der Waals surface area contributed by atoms with Gasteiger partial charge in [0, 0.05) is 13.0 Å². The van der Waals surface area contributed by atoms with E-state index in [2.05, 4.69) is 0 Å². The number of aliphatic carboxylic acids is 1. The molecule has 2 rings (SSSR count). The minimum Gasteiger partial charge on any atom is -0.481 e. The Morgan fingerprint density at radius 3 is 2.56 bits per heavy atom. The molecule has 2 unspecified atom stereocenters. The molecular formula is C15H28O3. The third-order valence-corrected chi connectivity index (χ3v) is 4.60. The second-order valence-electron chi connectivity index (χ2n) is 5.57. The van der Waals surface area contributed by atoms with Crippen LogP contribution in [0.4, 0.5) is 0 Å². The predicted molar refractivity (Wildman–Crippen MR) is 72.3 cm³/mol. The summed E-state index contributed by atoms with van der Waals surface area (Å²) in [6.07, 6.45) is 7.20. The van der Waals surface area contributed by atoms with E-state index in [1.54, 1.807) is 0 Å². The first-order chi connectivity index (χ1) is 8.70. The first-order valence-corrected chi connectivity index (χ1v) is 7.53. The van der Waals surface area contributed by atoms with E-state index in [0.717, 1.165) is 30.6 Å². The number of carbonyl (C=O) groups is 1. The molecule has 0 radical (unpaired) electrons. The highest BCUT2D eigenvalue weighted by molar-refractivity contribution is 5.66. The zero-order chi connectivity index (χ0) is 13.5. The minimum atomic E-state index is -0.675. The van der Waals surface area contributed by atoms with Gasteiger partial charge < -0.3 is 10.2 Å². The summed E-state index contributed by atoms with van der Waals surface area (Å²) in [6, 6.07) is 0. The number of carboxylic acids is 1. The lowest BCUT2D eigenvalue weighted by Gasteiger charge is -2.16. The van der Waals surface area contributed by atoms with Crippen molar-refractivity contribution in [3.05, 3.63) is 0 Å². The van der Waals surface area contributed by atoms with Crippen molar-refractivity contribution in [3.8, 4) is 0 Å². The Morgan fingerprint density at radius 2 is 1.94 bits per heavy atom. The molecule has 0 spiro atoms. The monoisotopic (exact) mass is 256 g/mol. The fourth-order valence-electron chi connectivity index (χ4n) is 3.83. The van der Waals surface area contributed by atoms with Crippen molar-refractivity contribution >= 4 is 5.97 Å². The van der Waals surface area contributed by atoms with Crippen molar-refractivity contribution in [2.24, 2.45) is 23.7 Å². The van der Waals surface area contributed by atoms with E-state index in [4.69, 9.17) is 5.11 Å². The molecule has 18 heavy (non-hydrogen) atoms. The van der Waals surface area contributed by atoms with Crippen LogP contribution >= 0.6 is 0 Å². The number of aliphatic hydroxyl groups is 1. The Bertz CT molecular complexity index is 252. The Labute approximate surface area is 111 Å². The largest absolute Gasteiger partial charge is 0.481 e. The molecule has 3 nitrogen and oxygen atoms in total. The average molecular weight is 256 g/mol. The van der Waals surface area contributed by atoms with Crippen molar-refractivity contribution < 1.29 is 15.0 Å².